The average Bonchev–Trinajstić information content (AvgIpc) is 2.85. The number of hydrogen-bond acceptors (Lipinski definition) is 6. The van der Waals surface area contributed by atoms with E-state index in [0.717, 1.165) is 32.5 Å². The van der Waals surface area contributed by atoms with E-state index < -0.39 is 0 Å². The Morgan fingerprint density at radius 2 is 2.24 bits per heavy atom. The molecule has 0 aromatic carbocycles. The molecule has 2 heterocycles. The first kappa shape index (κ1) is 12.3. The van der Waals surface area contributed by atoms with Gasteiger partial charge in [-0.2, -0.15) is 4.98 Å². The molecule has 0 amide bonds. The monoisotopic (exact) mass is 240 g/mol. The van der Waals surface area contributed by atoms with Crippen molar-refractivity contribution in [3.8, 4) is 0 Å². The third kappa shape index (κ3) is 3.41. The highest BCUT2D eigenvalue weighted by molar-refractivity contribution is 5.24. The average molecular weight is 240 g/mol. The standard InChI is InChI=1S/C11H20N4O2/c1-3-15(2)11-13-10(17-14-11)8-16-9-4-6-12-7-5-9/h9,12H,3-8H2,1-2H3. The third-order valence-electron chi connectivity index (χ3n) is 3.00. The lowest BCUT2D eigenvalue weighted by Crippen LogP contribution is -2.32. The molecule has 0 radical (unpaired) electrons. The Kier molecular flexibility index (Phi) is 4.33. The van der Waals surface area contributed by atoms with Crippen molar-refractivity contribution in [3.05, 3.63) is 5.89 Å². The molecule has 1 aliphatic heterocycles. The molecule has 6 heteroatoms. The lowest BCUT2D eigenvalue weighted by molar-refractivity contribution is 0.00859. The first-order chi connectivity index (χ1) is 8.29. The highest BCUT2D eigenvalue weighted by Gasteiger charge is 2.15. The largest absolute Gasteiger partial charge is 0.368 e. The maximum absolute atomic E-state index is 5.74. The van der Waals surface area contributed by atoms with Crippen molar-refractivity contribution in [2.75, 3.05) is 31.6 Å². The summed E-state index contributed by atoms with van der Waals surface area (Å²) < 4.78 is 10.9. The molecule has 1 aromatic heterocycles. The SMILES string of the molecule is CCN(C)c1noc(COC2CCNCC2)n1. The Morgan fingerprint density at radius 1 is 1.47 bits per heavy atom. The van der Waals surface area contributed by atoms with Crippen LogP contribution in [0.4, 0.5) is 5.95 Å². The molecule has 17 heavy (non-hydrogen) atoms. The number of rotatable bonds is 5. The lowest BCUT2D eigenvalue weighted by Gasteiger charge is -2.21. The molecule has 2 rings (SSSR count). The van der Waals surface area contributed by atoms with Gasteiger partial charge in [-0.25, -0.2) is 0 Å². The van der Waals surface area contributed by atoms with Crippen molar-refractivity contribution in [1.82, 2.24) is 15.5 Å². The van der Waals surface area contributed by atoms with Gasteiger partial charge >= 0.3 is 0 Å². The van der Waals surface area contributed by atoms with Crippen LogP contribution in [0.1, 0.15) is 25.7 Å². The summed E-state index contributed by atoms with van der Waals surface area (Å²) in [4.78, 5) is 6.20. The van der Waals surface area contributed by atoms with Gasteiger partial charge in [0.05, 0.1) is 6.10 Å². The third-order valence-corrected chi connectivity index (χ3v) is 3.00. The van der Waals surface area contributed by atoms with E-state index in [4.69, 9.17) is 9.26 Å². The zero-order valence-electron chi connectivity index (χ0n) is 10.5. The van der Waals surface area contributed by atoms with Gasteiger partial charge in [0.2, 0.25) is 0 Å². The van der Waals surface area contributed by atoms with Crippen molar-refractivity contribution >= 4 is 5.95 Å². The van der Waals surface area contributed by atoms with Crippen molar-refractivity contribution < 1.29 is 9.26 Å². The Labute approximate surface area is 101 Å². The number of piperidine rings is 1. The van der Waals surface area contributed by atoms with Crippen LogP contribution in [0.3, 0.4) is 0 Å². The van der Waals surface area contributed by atoms with Gasteiger partial charge < -0.3 is 19.5 Å². The number of ether oxygens (including phenoxy) is 1. The van der Waals surface area contributed by atoms with Crippen LogP contribution in [0.2, 0.25) is 0 Å². The minimum absolute atomic E-state index is 0.315. The summed E-state index contributed by atoms with van der Waals surface area (Å²) >= 11 is 0. The molecule has 0 atom stereocenters. The highest BCUT2D eigenvalue weighted by atomic mass is 16.5. The zero-order valence-corrected chi connectivity index (χ0v) is 10.5. The van der Waals surface area contributed by atoms with Gasteiger partial charge in [-0.05, 0) is 38.0 Å². The van der Waals surface area contributed by atoms with Crippen molar-refractivity contribution in [1.29, 1.82) is 0 Å². The van der Waals surface area contributed by atoms with Crippen LogP contribution in [0.15, 0.2) is 4.52 Å². The molecule has 96 valence electrons. The van der Waals surface area contributed by atoms with E-state index in [-0.39, 0.29) is 0 Å². The molecule has 1 saturated heterocycles. The van der Waals surface area contributed by atoms with E-state index in [0.29, 0.717) is 24.5 Å². The normalized spacial score (nSPS) is 17.3. The molecular formula is C11H20N4O2. The number of nitrogens with one attached hydrogen (secondary N) is 1. The van der Waals surface area contributed by atoms with Gasteiger partial charge in [0.1, 0.15) is 6.61 Å². The predicted molar refractivity (Wildman–Crippen MR) is 63.9 cm³/mol. The van der Waals surface area contributed by atoms with Gasteiger partial charge in [-0.3, -0.25) is 0 Å². The van der Waals surface area contributed by atoms with Crippen LogP contribution in [0, 0.1) is 0 Å². The fraction of sp³-hybridized carbons (Fsp3) is 0.818. The smallest absolute Gasteiger partial charge is 0.265 e. The van der Waals surface area contributed by atoms with Crippen LogP contribution in [0.25, 0.3) is 0 Å². The second-order valence-corrected chi connectivity index (χ2v) is 4.26. The van der Waals surface area contributed by atoms with Crippen LogP contribution < -0.4 is 10.2 Å². The maximum atomic E-state index is 5.74. The Bertz CT molecular complexity index is 336. The van der Waals surface area contributed by atoms with Gasteiger partial charge in [0.15, 0.2) is 0 Å². The maximum Gasteiger partial charge on any atom is 0.265 e. The molecule has 0 spiro atoms. The zero-order chi connectivity index (χ0) is 12.1. The summed E-state index contributed by atoms with van der Waals surface area (Å²) in [5.41, 5.74) is 0. The second kappa shape index (κ2) is 5.97. The van der Waals surface area contributed by atoms with E-state index in [1.165, 1.54) is 0 Å². The highest BCUT2D eigenvalue weighted by Crippen LogP contribution is 2.12. The van der Waals surface area contributed by atoms with Crippen molar-refractivity contribution in [2.24, 2.45) is 0 Å². The molecular weight excluding hydrogens is 220 g/mol. The van der Waals surface area contributed by atoms with E-state index in [9.17, 15) is 0 Å². The molecule has 1 aliphatic rings. The summed E-state index contributed by atoms with van der Waals surface area (Å²) in [5.74, 6) is 1.18. The van der Waals surface area contributed by atoms with Gasteiger partial charge in [0.25, 0.3) is 11.8 Å². The van der Waals surface area contributed by atoms with Crippen LogP contribution in [0.5, 0.6) is 0 Å². The predicted octanol–water partition coefficient (Wildman–Crippen LogP) is 0.794. The summed E-state index contributed by atoms with van der Waals surface area (Å²) in [6.45, 7) is 5.36. The van der Waals surface area contributed by atoms with Crippen molar-refractivity contribution in [2.45, 2.75) is 32.5 Å². The minimum atomic E-state index is 0.315. The van der Waals surface area contributed by atoms with Crippen LogP contribution >= 0.6 is 0 Å². The Hall–Kier alpha value is -1.14. The van der Waals surface area contributed by atoms with E-state index in [1.807, 2.05) is 18.9 Å². The number of aromatic nitrogens is 2. The molecule has 1 fully saturated rings. The second-order valence-electron chi connectivity index (χ2n) is 4.26. The number of nitrogens with zero attached hydrogens (tertiary/aromatic N) is 3. The summed E-state index contributed by atoms with van der Waals surface area (Å²) in [6, 6.07) is 0. The van der Waals surface area contributed by atoms with Gasteiger partial charge in [0, 0.05) is 13.6 Å². The lowest BCUT2D eigenvalue weighted by atomic mass is 10.1. The van der Waals surface area contributed by atoms with Crippen LogP contribution in [-0.2, 0) is 11.3 Å². The quantitative estimate of drug-likeness (QED) is 0.821. The van der Waals surface area contributed by atoms with Crippen molar-refractivity contribution in [3.63, 3.8) is 0 Å². The fourth-order valence-electron chi connectivity index (χ4n) is 1.75. The molecule has 1 aromatic rings. The topological polar surface area (TPSA) is 63.4 Å². The molecule has 1 N–H and O–H groups in total. The van der Waals surface area contributed by atoms with Gasteiger partial charge in [-0.1, -0.05) is 0 Å². The minimum Gasteiger partial charge on any atom is -0.368 e. The molecule has 6 nitrogen and oxygen atoms in total. The molecule has 0 saturated carbocycles. The van der Waals surface area contributed by atoms with E-state index in [1.54, 1.807) is 0 Å². The fourth-order valence-corrected chi connectivity index (χ4v) is 1.75. The Balaban J connectivity index is 1.80. The Morgan fingerprint density at radius 3 is 2.94 bits per heavy atom. The first-order valence-corrected chi connectivity index (χ1v) is 6.15. The number of anilines is 1. The summed E-state index contributed by atoms with van der Waals surface area (Å²) in [6.07, 6.45) is 2.42. The molecule has 0 bridgehead atoms. The van der Waals surface area contributed by atoms with E-state index in [2.05, 4.69) is 15.5 Å². The summed E-state index contributed by atoms with van der Waals surface area (Å²) in [7, 11) is 1.93. The van der Waals surface area contributed by atoms with E-state index >= 15 is 0 Å². The first-order valence-electron chi connectivity index (χ1n) is 6.15. The van der Waals surface area contributed by atoms with Crippen LogP contribution in [-0.4, -0.2) is 42.9 Å². The summed E-state index contributed by atoms with van der Waals surface area (Å²) in [5, 5.41) is 7.20. The molecule has 0 aliphatic carbocycles. The number of hydrogen-bond donors (Lipinski definition) is 1. The molecule has 0 unspecified atom stereocenters. The van der Waals surface area contributed by atoms with Gasteiger partial charge in [-0.15, -0.1) is 0 Å².